The summed E-state index contributed by atoms with van der Waals surface area (Å²) in [6.45, 7) is 3.63. The summed E-state index contributed by atoms with van der Waals surface area (Å²) in [5.41, 5.74) is 0.179. The predicted molar refractivity (Wildman–Crippen MR) is 166 cm³/mol. The molecule has 3 amide bonds. The summed E-state index contributed by atoms with van der Waals surface area (Å²) in [6.07, 6.45) is -1.30. The molecule has 3 aliphatic rings. The first-order valence-corrected chi connectivity index (χ1v) is 18.3. The molecule has 0 radical (unpaired) electrons. The van der Waals surface area contributed by atoms with Crippen molar-refractivity contribution in [2.24, 2.45) is 0 Å². The standard InChI is InChI=1S/C30H36F4IN3O4S/c1-28(2)21-8-4-5-9-22(21)35(42-28)29(31,32)30(33,34)41-20-14-12-19(13-15-20)16-17-38(3)25(39)11-7-6-10-24-26-23(18-43-24)36-27(40)37-26/h4-5,8-9,12-15,23-24,26H,6-7,10-11,16-18H2,1-3H3,(H2,36,37,40)/t23-,24-,26-/m1/s1. The van der Waals surface area contributed by atoms with Gasteiger partial charge in [0, 0.05) is 11.0 Å². The van der Waals surface area contributed by atoms with Gasteiger partial charge in [-0.15, -0.1) is 0 Å². The summed E-state index contributed by atoms with van der Waals surface area (Å²) in [4.78, 5) is 25.7. The number of carbonyl (C=O) groups excluding carboxylic acids is 2. The Morgan fingerprint density at radius 3 is 2.58 bits per heavy atom. The van der Waals surface area contributed by atoms with Crippen LogP contribution in [0.15, 0.2) is 48.5 Å². The zero-order chi connectivity index (χ0) is 31.0. The fourth-order valence-corrected chi connectivity index (χ4v) is 12.2. The average Bonchev–Trinajstić information content (AvgIpc) is 3.60. The first kappa shape index (κ1) is 32.1. The van der Waals surface area contributed by atoms with E-state index < -0.39 is 35.9 Å². The van der Waals surface area contributed by atoms with Gasteiger partial charge in [-0.25, -0.2) is 4.79 Å². The fraction of sp³-hybridized carbons (Fsp3) is 0.533. The Morgan fingerprint density at radius 1 is 1.12 bits per heavy atom. The molecule has 2 saturated heterocycles. The van der Waals surface area contributed by atoms with Gasteiger partial charge in [0.2, 0.25) is 0 Å². The van der Waals surface area contributed by atoms with Crippen molar-refractivity contribution in [2.75, 3.05) is 19.3 Å². The average molecular weight is 738 g/mol. The van der Waals surface area contributed by atoms with Crippen molar-refractivity contribution in [1.82, 2.24) is 15.5 Å². The number of halogens is 5. The molecule has 7 nitrogen and oxygen atoms in total. The number of nitrogens with one attached hydrogen (secondary N) is 2. The van der Waals surface area contributed by atoms with E-state index in [2.05, 4.69) is 15.4 Å². The van der Waals surface area contributed by atoms with Crippen LogP contribution in [0.25, 0.3) is 0 Å². The molecule has 3 aliphatic heterocycles. The molecule has 236 valence electrons. The second-order valence-corrected chi connectivity index (χ2v) is 17.2. The second-order valence-electron chi connectivity index (χ2n) is 11.5. The Labute approximate surface area is 260 Å². The second kappa shape index (κ2) is 12.6. The van der Waals surface area contributed by atoms with Gasteiger partial charge in [-0.3, -0.25) is 0 Å². The third-order valence-corrected chi connectivity index (χ3v) is 14.8. The summed E-state index contributed by atoms with van der Waals surface area (Å²) in [5, 5.41) is 6.26. The van der Waals surface area contributed by atoms with Gasteiger partial charge in [-0.05, 0) is 12.8 Å². The molecule has 2 aromatic carbocycles. The van der Waals surface area contributed by atoms with Crippen molar-refractivity contribution in [3.8, 4) is 5.75 Å². The molecule has 3 atom stereocenters. The van der Waals surface area contributed by atoms with Gasteiger partial charge in [0.05, 0.1) is 12.1 Å². The van der Waals surface area contributed by atoms with Crippen molar-refractivity contribution >= 4 is 43.9 Å². The molecule has 0 aliphatic carbocycles. The number of rotatable bonds is 12. The Balaban J connectivity index is 1.07. The molecule has 2 aromatic rings. The summed E-state index contributed by atoms with van der Waals surface area (Å²) < 4.78 is 66.2. The van der Waals surface area contributed by atoms with E-state index in [9.17, 15) is 18.4 Å². The number of carbonyl (C=O) groups is 2. The first-order chi connectivity index (χ1) is 20.3. The predicted octanol–water partition coefficient (Wildman–Crippen LogP) is 6.53. The Kier molecular flexibility index (Phi) is 9.44. The number of unbranched alkanes of at least 4 members (excludes halogenated alkanes) is 1. The third-order valence-electron chi connectivity index (χ3n) is 7.92. The molecular formula is C30H36F4IN3O4S. The van der Waals surface area contributed by atoms with Gasteiger partial charge in [0.25, 0.3) is 0 Å². The van der Waals surface area contributed by atoms with Gasteiger partial charge < -0.3 is 10.6 Å². The number of hydrogen-bond acceptors (Lipinski definition) is 5. The van der Waals surface area contributed by atoms with E-state index in [1.54, 1.807) is 44.0 Å². The van der Waals surface area contributed by atoms with Crippen molar-refractivity contribution < 1.29 is 35.0 Å². The van der Waals surface area contributed by atoms with Crippen LogP contribution in [0.2, 0.25) is 0 Å². The van der Waals surface area contributed by atoms with E-state index in [-0.39, 0.29) is 33.3 Å². The maximum absolute atomic E-state index is 15.2. The Morgan fingerprint density at radius 2 is 1.84 bits per heavy atom. The van der Waals surface area contributed by atoms with Crippen molar-refractivity contribution in [1.29, 1.82) is 0 Å². The van der Waals surface area contributed by atoms with E-state index in [0.29, 0.717) is 30.2 Å². The number of ether oxygens (including phenoxy) is 1. The molecular weight excluding hydrogens is 701 g/mol. The molecule has 5 rings (SSSR count). The Bertz CT molecular complexity index is 1330. The summed E-state index contributed by atoms with van der Waals surface area (Å²) in [7, 11) is 1.72. The number of nitrogens with zero attached hydrogens (tertiary/aromatic N) is 1. The van der Waals surface area contributed by atoms with Gasteiger partial charge in [-0.1, -0.05) is 6.42 Å². The number of amides is 3. The number of benzene rings is 2. The number of thioether (sulfide) groups is 1. The zero-order valence-electron chi connectivity index (χ0n) is 24.2. The van der Waals surface area contributed by atoms with E-state index in [1.165, 1.54) is 30.3 Å². The Hall–Kier alpha value is -2.26. The van der Waals surface area contributed by atoms with E-state index >= 15 is 8.78 Å². The van der Waals surface area contributed by atoms with E-state index in [0.717, 1.165) is 30.6 Å². The third kappa shape index (κ3) is 6.87. The monoisotopic (exact) mass is 737 g/mol. The van der Waals surface area contributed by atoms with E-state index in [1.807, 2.05) is 11.8 Å². The van der Waals surface area contributed by atoms with Gasteiger partial charge >= 0.3 is 192 Å². The van der Waals surface area contributed by atoms with Crippen molar-refractivity contribution in [3.05, 3.63) is 63.2 Å². The van der Waals surface area contributed by atoms with Crippen LogP contribution in [0, 0.1) is 3.57 Å². The van der Waals surface area contributed by atoms with Crippen LogP contribution in [-0.2, 0) is 19.9 Å². The maximum atomic E-state index is 15.2. The molecule has 13 heteroatoms. The van der Waals surface area contributed by atoms with Crippen LogP contribution in [0.5, 0.6) is 5.75 Å². The summed E-state index contributed by atoms with van der Waals surface area (Å²) >= 11 is -2.28. The SMILES string of the molecule is CN(CCc1ccc(OC(F)(F)C(F)(F)I2OC(C)(C)c3ccccc32)cc1)C(=O)CCCC[C@H]1SC[C@H]2NC(=O)N[C@H]21. The fourth-order valence-electron chi connectivity index (χ4n) is 5.46. The molecule has 0 saturated carbocycles. The van der Waals surface area contributed by atoms with Gasteiger partial charge in [0.15, 0.2) is 0 Å². The minimum absolute atomic E-state index is 0.0122. The van der Waals surface area contributed by atoms with Crippen LogP contribution >= 0.6 is 32.0 Å². The smallest absolute Gasteiger partial charge is 0.332 e. The number of likely N-dealkylation sites (N-methyl/N-ethyl adjacent to an activating group) is 1. The summed E-state index contributed by atoms with van der Waals surface area (Å²) in [5.74, 6) is 0.543. The first-order valence-electron chi connectivity index (χ1n) is 14.2. The van der Waals surface area contributed by atoms with Crippen LogP contribution in [0.3, 0.4) is 0 Å². The molecule has 0 bridgehead atoms. The van der Waals surface area contributed by atoms with Crippen LogP contribution in [0.4, 0.5) is 22.4 Å². The minimum atomic E-state index is -4.76. The molecule has 0 aromatic heterocycles. The number of urea groups is 1. The van der Waals surface area contributed by atoms with E-state index in [4.69, 9.17) is 3.07 Å². The number of fused-ring (bicyclic) bond motifs is 2. The minimum Gasteiger partial charge on any atom is -0.332 e. The van der Waals surface area contributed by atoms with Gasteiger partial charge in [-0.2, -0.15) is 11.8 Å². The number of hydrogen-bond donors (Lipinski definition) is 2. The van der Waals surface area contributed by atoms with Crippen molar-refractivity contribution in [3.63, 3.8) is 0 Å². The molecule has 0 spiro atoms. The van der Waals surface area contributed by atoms with Gasteiger partial charge in [0.1, 0.15) is 0 Å². The van der Waals surface area contributed by atoms with Crippen LogP contribution < -0.4 is 15.4 Å². The molecule has 3 heterocycles. The topological polar surface area (TPSA) is 79.9 Å². The zero-order valence-corrected chi connectivity index (χ0v) is 27.2. The number of alkyl halides is 5. The molecule has 2 N–H and O–H groups in total. The van der Waals surface area contributed by atoms with Crippen LogP contribution in [-0.4, -0.2) is 63.6 Å². The van der Waals surface area contributed by atoms with Crippen LogP contribution in [0.1, 0.15) is 50.7 Å². The quantitative estimate of drug-likeness (QED) is 0.0852. The summed E-state index contributed by atoms with van der Waals surface area (Å²) in [6, 6.07) is 12.1. The molecule has 2 fully saturated rings. The normalized spacial score (nSPS) is 23.4. The van der Waals surface area contributed by atoms with Crippen molar-refractivity contribution in [2.45, 2.75) is 78.9 Å². The molecule has 43 heavy (non-hydrogen) atoms. The molecule has 0 unspecified atom stereocenters.